The number of nitrogens with one attached hydrogen (secondary N) is 2. The summed E-state index contributed by atoms with van der Waals surface area (Å²) in [5.41, 5.74) is -0.205. The molecule has 2 N–H and O–H groups in total. The first-order valence-corrected chi connectivity index (χ1v) is 10.9. The molecule has 0 aliphatic carbocycles. The van der Waals surface area contributed by atoms with Crippen LogP contribution in [0.15, 0.2) is 12.1 Å². The summed E-state index contributed by atoms with van der Waals surface area (Å²) in [6.45, 7) is 6.82. The number of likely N-dealkylation sites (tertiary alicyclic amines) is 1. The van der Waals surface area contributed by atoms with E-state index in [1.807, 2.05) is 0 Å². The molecule has 0 unspecified atom stereocenters. The highest BCUT2D eigenvalue weighted by Crippen LogP contribution is 2.38. The Morgan fingerprint density at radius 3 is 2.03 bits per heavy atom. The van der Waals surface area contributed by atoms with E-state index in [4.69, 9.17) is 18.9 Å². The molecule has 184 valence electrons. The lowest BCUT2D eigenvalue weighted by Crippen LogP contribution is -2.46. The third kappa shape index (κ3) is 7.73. The van der Waals surface area contributed by atoms with Crippen molar-refractivity contribution in [2.24, 2.45) is 5.92 Å². The van der Waals surface area contributed by atoms with Crippen LogP contribution in [0.2, 0.25) is 0 Å². The Kier molecular flexibility index (Phi) is 9.19. The molecule has 0 aromatic heterocycles. The van der Waals surface area contributed by atoms with Crippen LogP contribution in [-0.2, 0) is 9.53 Å². The van der Waals surface area contributed by atoms with Gasteiger partial charge in [-0.2, -0.15) is 0 Å². The molecule has 1 heterocycles. The molecule has 0 spiro atoms. The minimum Gasteiger partial charge on any atom is -0.493 e. The standard InChI is InChI=1S/C23H35N3O7/c1-23(2,3)33-22(29)25-14-19(27)26-9-7-15(8-10-26)13-24-21(28)16-11-17(30-4)20(32-6)18(12-16)31-5/h11-12,15H,7-10,13-14H2,1-6H3,(H,24,28)(H,25,29). The summed E-state index contributed by atoms with van der Waals surface area (Å²) in [6.07, 6.45) is 0.904. The van der Waals surface area contributed by atoms with Crippen LogP contribution in [0.4, 0.5) is 4.79 Å². The maximum Gasteiger partial charge on any atom is 0.408 e. The highest BCUT2D eigenvalue weighted by molar-refractivity contribution is 5.95. The number of piperidine rings is 1. The number of methoxy groups -OCH3 is 3. The van der Waals surface area contributed by atoms with Crippen LogP contribution in [-0.4, -0.2) is 75.9 Å². The van der Waals surface area contributed by atoms with Gasteiger partial charge in [-0.25, -0.2) is 4.79 Å². The van der Waals surface area contributed by atoms with Crippen molar-refractivity contribution in [3.63, 3.8) is 0 Å². The van der Waals surface area contributed by atoms with Crippen LogP contribution < -0.4 is 24.8 Å². The highest BCUT2D eigenvalue weighted by atomic mass is 16.6. The number of nitrogens with zero attached hydrogens (tertiary/aromatic N) is 1. The molecule has 10 heteroatoms. The lowest BCUT2D eigenvalue weighted by molar-refractivity contribution is -0.131. The number of carbonyl (C=O) groups is 3. The zero-order valence-corrected chi connectivity index (χ0v) is 20.3. The number of benzene rings is 1. The van der Waals surface area contributed by atoms with E-state index in [1.165, 1.54) is 21.3 Å². The van der Waals surface area contributed by atoms with E-state index in [2.05, 4.69) is 10.6 Å². The second kappa shape index (κ2) is 11.6. The molecule has 2 rings (SSSR count). The normalized spacial score (nSPS) is 14.3. The third-order valence-electron chi connectivity index (χ3n) is 5.23. The minimum absolute atomic E-state index is 0.0998. The Morgan fingerprint density at radius 1 is 0.970 bits per heavy atom. The fourth-order valence-electron chi connectivity index (χ4n) is 3.51. The first kappa shape index (κ1) is 26.1. The fourth-order valence-corrected chi connectivity index (χ4v) is 3.51. The number of amides is 3. The molecule has 33 heavy (non-hydrogen) atoms. The molecule has 1 saturated heterocycles. The predicted molar refractivity (Wildman–Crippen MR) is 122 cm³/mol. The van der Waals surface area contributed by atoms with Crippen molar-refractivity contribution >= 4 is 17.9 Å². The van der Waals surface area contributed by atoms with E-state index in [1.54, 1.807) is 37.8 Å². The molecular weight excluding hydrogens is 430 g/mol. The largest absolute Gasteiger partial charge is 0.493 e. The number of alkyl carbamates (subject to hydrolysis) is 1. The summed E-state index contributed by atoms with van der Waals surface area (Å²) in [4.78, 5) is 38.4. The Bertz CT molecular complexity index is 818. The molecule has 1 aromatic rings. The molecule has 0 radical (unpaired) electrons. The Morgan fingerprint density at radius 2 is 1.55 bits per heavy atom. The van der Waals surface area contributed by atoms with Gasteiger partial charge in [-0.05, 0) is 51.7 Å². The van der Waals surface area contributed by atoms with Crippen LogP contribution in [0.3, 0.4) is 0 Å². The van der Waals surface area contributed by atoms with Crippen molar-refractivity contribution in [2.75, 3.05) is 47.5 Å². The van der Waals surface area contributed by atoms with Crippen molar-refractivity contribution in [1.29, 1.82) is 0 Å². The van der Waals surface area contributed by atoms with E-state index in [0.29, 0.717) is 42.4 Å². The van der Waals surface area contributed by atoms with Crippen LogP contribution in [0.1, 0.15) is 44.0 Å². The zero-order valence-electron chi connectivity index (χ0n) is 20.3. The number of rotatable bonds is 8. The van der Waals surface area contributed by atoms with Gasteiger partial charge in [-0.1, -0.05) is 0 Å². The van der Waals surface area contributed by atoms with Gasteiger partial charge in [0.25, 0.3) is 5.91 Å². The average Bonchev–Trinajstić information content (AvgIpc) is 2.79. The summed E-state index contributed by atoms with van der Waals surface area (Å²) in [6, 6.07) is 3.21. The van der Waals surface area contributed by atoms with Crippen molar-refractivity contribution < 1.29 is 33.3 Å². The van der Waals surface area contributed by atoms with Gasteiger partial charge in [-0.15, -0.1) is 0 Å². The molecule has 0 atom stereocenters. The van der Waals surface area contributed by atoms with Crippen LogP contribution >= 0.6 is 0 Å². The van der Waals surface area contributed by atoms with Gasteiger partial charge in [-0.3, -0.25) is 9.59 Å². The monoisotopic (exact) mass is 465 g/mol. The SMILES string of the molecule is COc1cc(C(=O)NCC2CCN(C(=O)CNC(=O)OC(C)(C)C)CC2)cc(OC)c1OC. The quantitative estimate of drug-likeness (QED) is 0.605. The van der Waals surface area contributed by atoms with Crippen LogP contribution in [0, 0.1) is 5.92 Å². The lowest BCUT2D eigenvalue weighted by Gasteiger charge is -2.32. The lowest BCUT2D eigenvalue weighted by atomic mass is 9.96. The van der Waals surface area contributed by atoms with Gasteiger partial charge >= 0.3 is 6.09 Å². The van der Waals surface area contributed by atoms with Gasteiger partial charge in [0, 0.05) is 25.2 Å². The molecular formula is C23H35N3O7. The molecule has 0 bridgehead atoms. The van der Waals surface area contributed by atoms with E-state index in [-0.39, 0.29) is 24.3 Å². The van der Waals surface area contributed by atoms with Gasteiger partial charge < -0.3 is 34.5 Å². The summed E-state index contributed by atoms with van der Waals surface area (Å²) >= 11 is 0. The first-order valence-electron chi connectivity index (χ1n) is 10.9. The smallest absolute Gasteiger partial charge is 0.408 e. The summed E-state index contributed by atoms with van der Waals surface area (Å²) in [5, 5.41) is 5.44. The number of hydrogen-bond donors (Lipinski definition) is 2. The van der Waals surface area contributed by atoms with Crippen molar-refractivity contribution in [3.8, 4) is 17.2 Å². The number of ether oxygens (including phenoxy) is 4. The topological polar surface area (TPSA) is 115 Å². The molecule has 1 aliphatic heterocycles. The van der Waals surface area contributed by atoms with Crippen LogP contribution in [0.5, 0.6) is 17.2 Å². The fraction of sp³-hybridized carbons (Fsp3) is 0.609. The van der Waals surface area contributed by atoms with E-state index < -0.39 is 11.7 Å². The molecule has 1 fully saturated rings. The second-order valence-corrected chi connectivity index (χ2v) is 8.80. The average molecular weight is 466 g/mol. The van der Waals surface area contributed by atoms with Crippen molar-refractivity contribution in [1.82, 2.24) is 15.5 Å². The Labute approximate surface area is 194 Å². The van der Waals surface area contributed by atoms with Gasteiger partial charge in [0.15, 0.2) is 11.5 Å². The van der Waals surface area contributed by atoms with E-state index >= 15 is 0 Å². The van der Waals surface area contributed by atoms with E-state index in [0.717, 1.165) is 12.8 Å². The van der Waals surface area contributed by atoms with Gasteiger partial charge in [0.1, 0.15) is 12.1 Å². The molecule has 1 aromatic carbocycles. The molecule has 3 amide bonds. The summed E-state index contributed by atoms with van der Waals surface area (Å²) < 4.78 is 21.0. The summed E-state index contributed by atoms with van der Waals surface area (Å²) in [7, 11) is 4.50. The predicted octanol–water partition coefficient (Wildman–Crippen LogP) is 2.21. The maximum atomic E-state index is 12.7. The molecule has 0 saturated carbocycles. The van der Waals surface area contributed by atoms with Gasteiger partial charge in [0.05, 0.1) is 21.3 Å². The first-order chi connectivity index (χ1) is 15.6. The van der Waals surface area contributed by atoms with E-state index in [9.17, 15) is 14.4 Å². The Balaban J connectivity index is 1.81. The summed E-state index contributed by atoms with van der Waals surface area (Å²) in [5.74, 6) is 1.10. The van der Waals surface area contributed by atoms with Crippen LogP contribution in [0.25, 0.3) is 0 Å². The van der Waals surface area contributed by atoms with Crippen molar-refractivity contribution in [3.05, 3.63) is 17.7 Å². The highest BCUT2D eigenvalue weighted by Gasteiger charge is 2.25. The number of carbonyl (C=O) groups excluding carboxylic acids is 3. The van der Waals surface area contributed by atoms with Gasteiger partial charge in [0.2, 0.25) is 11.7 Å². The number of hydrogen-bond acceptors (Lipinski definition) is 7. The van der Waals surface area contributed by atoms with Crippen molar-refractivity contribution in [2.45, 2.75) is 39.2 Å². The maximum absolute atomic E-state index is 12.7. The Hall–Kier alpha value is -3.17. The zero-order chi connectivity index (χ0) is 24.6. The third-order valence-corrected chi connectivity index (χ3v) is 5.23. The molecule has 10 nitrogen and oxygen atoms in total. The second-order valence-electron chi connectivity index (χ2n) is 8.80. The molecule has 1 aliphatic rings. The minimum atomic E-state index is -0.613.